The number of nitrogens with one attached hydrogen (secondary N) is 16. The standard InChI is InChI=1S/C72H120N22O25S2/c1-32(2)22-43-63(110)84-42(17-19-52(100)101)62(109)93-55(34(5)6)71(118)88-45(24-50(76)97)65(112)91-49(69(116)87-46(25-53(102)103)66(113)81-39(57(77)104)14-10-12-20-73)30-121-120-29-38(75)59(106)82-41(16-18-51(98)99)61(108)94-56(35(7)8)72(119)90-48(28-96)67(114)83-40(15-11-13-21-74)60(107)92-54(33(3)4)70(117)80-36(9)58(105)89-47(27-95)68(115)86-44(64(111)85-43)23-37-26-78-31-79-37/h26,31-36,38-49,54-56,95-96H,10-25,27-30,73-75H2,1-9H3,(H2,76,97)(H2,77,104)(H,78,79)(H,80,117)(H,81,113)(H,82,106)(H,83,114)(H,84,110)(H,85,111)(H,86,115)(H,87,116)(H,88,118)(H,89,105)(H,90,119)(H,91,112)(H,92,107)(H,93,109)(H,94,108)(H,98,99)(H,100,101)(H,102,103)/t36-,38-,39-,40-,41-,42-,43-,44-,45-,46-,47-,48-,49-,54-,55-,56-/m0/s1. The second-order valence-corrected chi connectivity index (χ2v) is 32.7. The van der Waals surface area contributed by atoms with Crippen molar-refractivity contribution in [2.24, 2.45) is 52.3 Å². The maximum absolute atomic E-state index is 14.6. The van der Waals surface area contributed by atoms with Gasteiger partial charge in [-0.2, -0.15) is 0 Å². The zero-order valence-corrected chi connectivity index (χ0v) is 70.5. The van der Waals surface area contributed by atoms with Gasteiger partial charge in [-0.05, 0) is 101 Å². The predicted molar refractivity (Wildman–Crippen MR) is 433 cm³/mol. The molecule has 47 nitrogen and oxygen atoms in total. The predicted octanol–water partition coefficient (Wildman–Crippen LogP) is -9.21. The van der Waals surface area contributed by atoms with Gasteiger partial charge in [-0.15, -0.1) is 0 Å². The van der Waals surface area contributed by atoms with Crippen molar-refractivity contribution in [1.29, 1.82) is 0 Å². The Bertz CT molecular complexity index is 3730. The highest BCUT2D eigenvalue weighted by Crippen LogP contribution is 2.24. The maximum Gasteiger partial charge on any atom is 0.305 e. The number of rotatable bonds is 32. The van der Waals surface area contributed by atoms with E-state index in [1.54, 1.807) is 13.8 Å². The van der Waals surface area contributed by atoms with Crippen molar-refractivity contribution in [3.63, 3.8) is 0 Å². The van der Waals surface area contributed by atoms with Crippen molar-refractivity contribution in [2.45, 2.75) is 249 Å². The molecule has 680 valence electrons. The summed E-state index contributed by atoms with van der Waals surface area (Å²) in [7, 11) is 1.38. The van der Waals surface area contributed by atoms with E-state index >= 15 is 0 Å². The van der Waals surface area contributed by atoms with E-state index in [-0.39, 0.29) is 50.9 Å². The van der Waals surface area contributed by atoms with Crippen molar-refractivity contribution in [3.8, 4) is 0 Å². The molecule has 1 aromatic rings. The fraction of sp³-hybridized carbons (Fsp3) is 0.681. The number of aliphatic hydroxyl groups excluding tert-OH is 2. The fourth-order valence-electron chi connectivity index (χ4n) is 11.6. The average molecular weight is 1760 g/mol. The van der Waals surface area contributed by atoms with Gasteiger partial charge >= 0.3 is 17.9 Å². The summed E-state index contributed by atoms with van der Waals surface area (Å²) in [6, 6.07) is -27.8. The van der Waals surface area contributed by atoms with Gasteiger partial charge in [0.1, 0.15) is 90.6 Å². The molecular weight excluding hydrogens is 1640 g/mol. The SMILES string of the molecule is CC(C)C[C@@H]1NC(=O)[C@H](Cc2cnc[nH]2)NC(=O)[C@H](CO)NC(=O)[C@H](C)NC(=O)[C@H](C(C)C)NC(=O)[C@H](CCCCN)NC(=O)[C@H](CO)NC(=O)[C@H](C(C)C)NC(=O)[C@H](CCC(=O)O)NC(=O)[C@@H](N)CSSC[C@@H](C(=O)N[C@@H](CC(=O)O)C(=O)N[C@@H](CCCCN)C(N)=O)NC(=O)[C@H](CC(N)=O)NC(=O)[C@H](C(C)C)NC(=O)[C@H](CCC(=O)O)NC1=O. The van der Waals surface area contributed by atoms with Gasteiger partial charge in [-0.25, -0.2) is 4.98 Å². The number of aromatic nitrogens is 2. The highest BCUT2D eigenvalue weighted by molar-refractivity contribution is 8.76. The summed E-state index contributed by atoms with van der Waals surface area (Å²) in [5, 5.41) is 86.0. The van der Waals surface area contributed by atoms with Crippen LogP contribution >= 0.6 is 21.6 Å². The van der Waals surface area contributed by atoms with E-state index in [4.69, 9.17) is 28.7 Å². The number of carbonyl (C=O) groups is 20. The Labute approximate surface area is 705 Å². The summed E-state index contributed by atoms with van der Waals surface area (Å²) in [6.45, 7) is 11.2. The number of aliphatic carboxylic acids is 3. The molecule has 16 atom stereocenters. The first-order valence-electron chi connectivity index (χ1n) is 39.2. The van der Waals surface area contributed by atoms with Crippen molar-refractivity contribution in [1.82, 2.24) is 89.7 Å². The van der Waals surface area contributed by atoms with Crippen LogP contribution in [0.1, 0.15) is 151 Å². The number of carbonyl (C=O) groups excluding carboxylic acids is 17. The molecule has 1 aliphatic rings. The van der Waals surface area contributed by atoms with E-state index in [1.807, 2.05) is 0 Å². The van der Waals surface area contributed by atoms with E-state index in [0.29, 0.717) is 34.4 Å². The molecule has 0 unspecified atom stereocenters. The van der Waals surface area contributed by atoms with Gasteiger partial charge in [-0.1, -0.05) is 77.0 Å². The lowest BCUT2D eigenvalue weighted by Crippen LogP contribution is -2.62. The van der Waals surface area contributed by atoms with Crippen LogP contribution in [-0.2, 0) is 102 Å². The van der Waals surface area contributed by atoms with E-state index in [1.165, 1.54) is 61.0 Å². The third kappa shape index (κ3) is 39.0. The number of H-pyrrole nitrogens is 1. The lowest BCUT2D eigenvalue weighted by Gasteiger charge is -2.29. The van der Waals surface area contributed by atoms with Gasteiger partial charge in [0.15, 0.2) is 0 Å². The monoisotopic (exact) mass is 1760 g/mol. The first-order chi connectivity index (χ1) is 56.8. The molecule has 2 heterocycles. The summed E-state index contributed by atoms with van der Waals surface area (Å²) >= 11 is 0. The van der Waals surface area contributed by atoms with Gasteiger partial charge in [0, 0.05) is 42.7 Å². The number of amides is 17. The number of aromatic amines is 1. The van der Waals surface area contributed by atoms with Crippen LogP contribution in [0.3, 0.4) is 0 Å². The topological polar surface area (TPSA) is 782 Å². The van der Waals surface area contributed by atoms with E-state index in [2.05, 4.69) is 89.7 Å². The second-order valence-electron chi connectivity index (χ2n) is 30.1. The van der Waals surface area contributed by atoms with Crippen molar-refractivity contribution in [3.05, 3.63) is 18.2 Å². The molecule has 1 fully saturated rings. The second kappa shape index (κ2) is 54.4. The Morgan fingerprint density at radius 3 is 1.33 bits per heavy atom. The molecule has 0 aromatic carbocycles. The summed E-state index contributed by atoms with van der Waals surface area (Å²) in [5.41, 5.74) is 28.9. The molecule has 0 aliphatic carbocycles. The molecule has 1 saturated heterocycles. The Morgan fingerprint density at radius 1 is 0.471 bits per heavy atom. The first kappa shape index (κ1) is 106. The minimum Gasteiger partial charge on any atom is -0.481 e. The van der Waals surface area contributed by atoms with Crippen molar-refractivity contribution < 1.29 is 121 Å². The number of imidazole rings is 1. The summed E-state index contributed by atoms with van der Waals surface area (Å²) < 4.78 is 0. The van der Waals surface area contributed by atoms with Gasteiger partial charge < -0.3 is 139 Å². The number of carboxylic acid groups (broad SMARTS) is 3. The van der Waals surface area contributed by atoms with E-state index in [0.717, 1.165) is 0 Å². The summed E-state index contributed by atoms with van der Waals surface area (Å²) in [6.07, 6.45) is -2.38. The number of hydrogen-bond acceptors (Lipinski definition) is 28. The van der Waals surface area contributed by atoms with Crippen LogP contribution in [0, 0.1) is 23.7 Å². The lowest BCUT2D eigenvalue weighted by atomic mass is 9.99. The molecule has 121 heavy (non-hydrogen) atoms. The van der Waals surface area contributed by atoms with Crippen LogP contribution in [0.15, 0.2) is 12.5 Å². The Morgan fingerprint density at radius 2 is 0.884 bits per heavy atom. The molecular formula is C72H120N22O25S2. The summed E-state index contributed by atoms with van der Waals surface area (Å²) in [4.78, 5) is 282. The Balaban J connectivity index is 2.98. The molecule has 31 N–H and O–H groups in total. The quantitative estimate of drug-likeness (QED) is 0.0235. The maximum atomic E-state index is 14.6. The minimum atomic E-state index is -2.09. The zero-order valence-electron chi connectivity index (χ0n) is 68.9. The van der Waals surface area contributed by atoms with Crippen LogP contribution in [0.4, 0.5) is 0 Å². The molecule has 0 bridgehead atoms. The first-order valence-corrected chi connectivity index (χ1v) is 41.7. The molecule has 49 heteroatoms. The van der Waals surface area contributed by atoms with Gasteiger partial charge in [0.25, 0.3) is 0 Å². The largest absolute Gasteiger partial charge is 0.481 e. The normalized spacial score (nSPS) is 24.8. The highest BCUT2D eigenvalue weighted by atomic mass is 33.1. The van der Waals surface area contributed by atoms with Crippen molar-refractivity contribution in [2.75, 3.05) is 37.8 Å². The van der Waals surface area contributed by atoms with E-state index < -0.39 is 308 Å². The van der Waals surface area contributed by atoms with Gasteiger partial charge in [0.2, 0.25) is 100 Å². The number of nitrogens with zero attached hydrogens (tertiary/aromatic N) is 1. The third-order valence-corrected chi connectivity index (χ3v) is 20.9. The number of carboxylic acids is 3. The molecule has 1 aromatic heterocycles. The smallest absolute Gasteiger partial charge is 0.305 e. The molecule has 1 aliphatic heterocycles. The molecule has 0 saturated carbocycles. The highest BCUT2D eigenvalue weighted by Gasteiger charge is 2.41. The molecule has 2 rings (SSSR count). The zero-order chi connectivity index (χ0) is 91.7. The third-order valence-electron chi connectivity index (χ3n) is 18.4. The lowest BCUT2D eigenvalue weighted by molar-refractivity contribution is -0.141. The van der Waals surface area contributed by atoms with Crippen LogP contribution in [0.2, 0.25) is 0 Å². The van der Waals surface area contributed by atoms with Crippen LogP contribution in [-0.4, -0.2) is 288 Å². The minimum absolute atomic E-state index is 0.0796. The fourth-order valence-corrected chi connectivity index (χ4v) is 13.8. The number of primary amides is 2. The van der Waals surface area contributed by atoms with E-state index in [9.17, 15) is 121 Å². The van der Waals surface area contributed by atoms with Gasteiger partial charge in [0.05, 0.1) is 38.4 Å². The van der Waals surface area contributed by atoms with Crippen LogP contribution < -0.4 is 108 Å². The molecule has 0 spiro atoms. The Hall–Kier alpha value is -10.9. The average Bonchev–Trinajstić information content (AvgIpc) is 1.31. The Kier molecular flexibility index (Phi) is 47.7. The number of unbranched alkanes of at least 4 members (excludes halogenated alkanes) is 2. The van der Waals surface area contributed by atoms with Crippen LogP contribution in [0.25, 0.3) is 0 Å². The number of hydrogen-bond donors (Lipinski definition) is 26. The number of nitrogens with two attached hydrogens (primary N) is 5. The van der Waals surface area contributed by atoms with Crippen LogP contribution in [0.5, 0.6) is 0 Å². The summed E-state index contributed by atoms with van der Waals surface area (Å²) in [5.74, 6) is -28.7. The number of aliphatic hydroxyl groups is 2. The molecule has 0 radical (unpaired) electrons. The van der Waals surface area contributed by atoms with Crippen molar-refractivity contribution >= 4 is 140 Å². The van der Waals surface area contributed by atoms with Gasteiger partial charge in [-0.3, -0.25) is 95.9 Å². The molecule has 17 amide bonds.